The maximum absolute atomic E-state index is 4.29. The zero-order valence-electron chi connectivity index (χ0n) is 10.0. The predicted octanol–water partition coefficient (Wildman–Crippen LogP) is 3.29. The van der Waals surface area contributed by atoms with Gasteiger partial charge in [0.15, 0.2) is 0 Å². The minimum atomic E-state index is 0.955. The van der Waals surface area contributed by atoms with E-state index in [1.807, 2.05) is 31.2 Å². The number of aromatic nitrogens is 2. The third kappa shape index (κ3) is 3.52. The fourth-order valence-corrected chi connectivity index (χ4v) is 1.73. The second-order valence-corrected chi connectivity index (χ2v) is 3.92. The maximum Gasteiger partial charge on any atom is 0.116 e. The Morgan fingerprint density at radius 3 is 2.65 bits per heavy atom. The first-order valence-electron chi connectivity index (χ1n) is 5.86. The van der Waals surface area contributed by atoms with E-state index in [2.05, 4.69) is 34.2 Å². The third-order valence-corrected chi connectivity index (χ3v) is 2.59. The normalized spacial score (nSPS) is 10.9. The van der Waals surface area contributed by atoms with Crippen LogP contribution in [0.15, 0.2) is 48.8 Å². The van der Waals surface area contributed by atoms with Crippen molar-refractivity contribution in [3.8, 4) is 0 Å². The van der Waals surface area contributed by atoms with E-state index >= 15 is 0 Å². The average Bonchev–Trinajstić information content (AvgIpc) is 2.39. The van der Waals surface area contributed by atoms with Crippen LogP contribution in [0.3, 0.4) is 0 Å². The topological polar surface area (TPSA) is 25.8 Å². The summed E-state index contributed by atoms with van der Waals surface area (Å²) in [5.74, 6) is 0. The Morgan fingerprint density at radius 2 is 1.88 bits per heavy atom. The van der Waals surface area contributed by atoms with Gasteiger partial charge in [0.2, 0.25) is 0 Å². The molecule has 2 heteroatoms. The molecule has 0 aliphatic carbocycles. The van der Waals surface area contributed by atoms with Crippen LogP contribution in [0.5, 0.6) is 0 Å². The molecule has 0 radical (unpaired) electrons. The van der Waals surface area contributed by atoms with Crippen molar-refractivity contribution < 1.29 is 0 Å². The molecule has 2 nitrogen and oxygen atoms in total. The lowest BCUT2D eigenvalue weighted by molar-refractivity contribution is 0.898. The van der Waals surface area contributed by atoms with Crippen LogP contribution in [0.4, 0.5) is 0 Å². The number of rotatable bonds is 4. The van der Waals surface area contributed by atoms with Gasteiger partial charge in [-0.05, 0) is 37.5 Å². The van der Waals surface area contributed by atoms with Crippen LogP contribution in [0.2, 0.25) is 0 Å². The Balaban J connectivity index is 2.02. The van der Waals surface area contributed by atoms with Crippen LogP contribution in [0.25, 0.3) is 6.08 Å². The Morgan fingerprint density at radius 1 is 1.06 bits per heavy atom. The number of hydrogen-bond donors (Lipinski definition) is 0. The van der Waals surface area contributed by atoms with Crippen molar-refractivity contribution in [2.24, 2.45) is 0 Å². The molecule has 0 bridgehead atoms. The van der Waals surface area contributed by atoms with E-state index in [0.717, 1.165) is 24.2 Å². The highest BCUT2D eigenvalue weighted by Crippen LogP contribution is 2.06. The van der Waals surface area contributed by atoms with Gasteiger partial charge in [0.05, 0.1) is 5.69 Å². The fourth-order valence-electron chi connectivity index (χ4n) is 1.73. The molecule has 0 N–H and O–H groups in total. The Labute approximate surface area is 102 Å². The molecule has 1 aromatic carbocycles. The van der Waals surface area contributed by atoms with Crippen molar-refractivity contribution in [3.63, 3.8) is 0 Å². The highest BCUT2D eigenvalue weighted by atomic mass is 14.8. The van der Waals surface area contributed by atoms with Crippen molar-refractivity contribution in [2.75, 3.05) is 0 Å². The highest BCUT2D eigenvalue weighted by Gasteiger charge is 1.98. The van der Waals surface area contributed by atoms with Gasteiger partial charge in [-0.15, -0.1) is 0 Å². The Bertz CT molecular complexity index is 489. The molecule has 0 saturated carbocycles. The highest BCUT2D eigenvalue weighted by molar-refractivity contribution is 5.43. The van der Waals surface area contributed by atoms with Gasteiger partial charge in [-0.2, -0.15) is 0 Å². The third-order valence-electron chi connectivity index (χ3n) is 2.59. The zero-order chi connectivity index (χ0) is 11.9. The van der Waals surface area contributed by atoms with Gasteiger partial charge in [0.25, 0.3) is 0 Å². The zero-order valence-corrected chi connectivity index (χ0v) is 10.0. The molecule has 86 valence electrons. The number of allylic oxidation sites excluding steroid dienone is 1. The minimum Gasteiger partial charge on any atom is -0.241 e. The van der Waals surface area contributed by atoms with E-state index in [1.165, 1.54) is 5.56 Å². The lowest BCUT2D eigenvalue weighted by Gasteiger charge is -2.01. The summed E-state index contributed by atoms with van der Waals surface area (Å²) in [5, 5.41) is 0. The van der Waals surface area contributed by atoms with Crippen molar-refractivity contribution in [1.29, 1.82) is 0 Å². The molecular formula is C15H16N2. The summed E-state index contributed by atoms with van der Waals surface area (Å²) in [6.07, 6.45) is 7.59. The fraction of sp³-hybridized carbons (Fsp3) is 0.200. The van der Waals surface area contributed by atoms with Gasteiger partial charge in [0.1, 0.15) is 6.33 Å². The van der Waals surface area contributed by atoms with E-state index in [4.69, 9.17) is 0 Å². The summed E-state index contributed by atoms with van der Waals surface area (Å²) >= 11 is 0. The summed E-state index contributed by atoms with van der Waals surface area (Å²) in [4.78, 5) is 8.48. The first kappa shape index (κ1) is 11.5. The molecule has 1 heterocycles. The van der Waals surface area contributed by atoms with E-state index in [0.29, 0.717) is 0 Å². The van der Waals surface area contributed by atoms with E-state index in [9.17, 15) is 0 Å². The van der Waals surface area contributed by atoms with Gasteiger partial charge in [-0.3, -0.25) is 0 Å². The average molecular weight is 224 g/mol. The lowest BCUT2D eigenvalue weighted by atomic mass is 10.1. The Hall–Kier alpha value is -1.96. The van der Waals surface area contributed by atoms with Crippen molar-refractivity contribution >= 4 is 6.08 Å². The van der Waals surface area contributed by atoms with Crippen molar-refractivity contribution in [3.05, 3.63) is 65.8 Å². The predicted molar refractivity (Wildman–Crippen MR) is 70.6 cm³/mol. The number of aryl methyl sites for hydroxylation is 2. The first-order valence-corrected chi connectivity index (χ1v) is 5.86. The van der Waals surface area contributed by atoms with Gasteiger partial charge >= 0.3 is 0 Å². The SMILES string of the molecule is C/C=C/c1cc(CCc2ccccc2)ncn1. The van der Waals surface area contributed by atoms with Crippen LogP contribution in [-0.4, -0.2) is 9.97 Å². The summed E-state index contributed by atoms with van der Waals surface area (Å²) in [6, 6.07) is 12.5. The van der Waals surface area contributed by atoms with Crippen LogP contribution >= 0.6 is 0 Å². The quantitative estimate of drug-likeness (QED) is 0.796. The van der Waals surface area contributed by atoms with Crippen molar-refractivity contribution in [2.45, 2.75) is 19.8 Å². The van der Waals surface area contributed by atoms with Crippen LogP contribution in [0.1, 0.15) is 23.9 Å². The van der Waals surface area contributed by atoms with Crippen LogP contribution in [-0.2, 0) is 12.8 Å². The first-order chi connectivity index (χ1) is 8.38. The maximum atomic E-state index is 4.29. The molecule has 0 fully saturated rings. The molecule has 17 heavy (non-hydrogen) atoms. The lowest BCUT2D eigenvalue weighted by Crippen LogP contribution is -1.96. The van der Waals surface area contributed by atoms with Crippen LogP contribution < -0.4 is 0 Å². The number of benzene rings is 1. The second-order valence-electron chi connectivity index (χ2n) is 3.92. The van der Waals surface area contributed by atoms with E-state index in [1.54, 1.807) is 6.33 Å². The smallest absolute Gasteiger partial charge is 0.116 e. The van der Waals surface area contributed by atoms with Gasteiger partial charge in [0, 0.05) is 5.69 Å². The van der Waals surface area contributed by atoms with Crippen LogP contribution in [0, 0.1) is 0 Å². The van der Waals surface area contributed by atoms with E-state index in [-0.39, 0.29) is 0 Å². The van der Waals surface area contributed by atoms with Crippen molar-refractivity contribution in [1.82, 2.24) is 9.97 Å². The molecule has 2 aromatic rings. The molecular weight excluding hydrogens is 208 g/mol. The monoisotopic (exact) mass is 224 g/mol. The second kappa shape index (κ2) is 5.94. The summed E-state index contributed by atoms with van der Waals surface area (Å²) in [5.41, 5.74) is 3.42. The minimum absolute atomic E-state index is 0.955. The number of nitrogens with zero attached hydrogens (tertiary/aromatic N) is 2. The van der Waals surface area contributed by atoms with E-state index < -0.39 is 0 Å². The van der Waals surface area contributed by atoms with Gasteiger partial charge in [-0.25, -0.2) is 9.97 Å². The molecule has 0 unspecified atom stereocenters. The molecule has 0 amide bonds. The summed E-state index contributed by atoms with van der Waals surface area (Å²) in [7, 11) is 0. The molecule has 0 aliphatic rings. The van der Waals surface area contributed by atoms with Gasteiger partial charge in [-0.1, -0.05) is 36.4 Å². The number of hydrogen-bond acceptors (Lipinski definition) is 2. The molecule has 0 aliphatic heterocycles. The molecule has 0 atom stereocenters. The summed E-state index contributed by atoms with van der Waals surface area (Å²) < 4.78 is 0. The standard InChI is InChI=1S/C15H16N2/c1-2-6-14-11-15(17-12-16-14)10-9-13-7-4-3-5-8-13/h2-8,11-12H,9-10H2,1H3/b6-2+. The van der Waals surface area contributed by atoms with Gasteiger partial charge < -0.3 is 0 Å². The summed E-state index contributed by atoms with van der Waals surface area (Å²) in [6.45, 7) is 1.99. The molecule has 1 aromatic heterocycles. The molecule has 0 saturated heterocycles. The largest absolute Gasteiger partial charge is 0.241 e. The Kier molecular flexibility index (Phi) is 4.03. The molecule has 2 rings (SSSR count). The molecule has 0 spiro atoms.